The first-order chi connectivity index (χ1) is 10.9. The number of hydrogen-bond acceptors (Lipinski definition) is 6. The molecule has 0 N–H and O–H groups in total. The Balaban J connectivity index is 2.50. The zero-order valence-corrected chi connectivity index (χ0v) is 14.7. The Labute approximate surface area is 141 Å². The number of thioether (sulfide) groups is 1. The molecule has 1 heterocycles. The third-order valence-corrected chi connectivity index (χ3v) is 6.13. The molecule has 6 nitrogen and oxygen atoms in total. The molecule has 0 aliphatic carbocycles. The molecule has 0 bridgehead atoms. The summed E-state index contributed by atoms with van der Waals surface area (Å²) in [6.45, 7) is 1.34. The maximum Gasteiger partial charge on any atom is 0.528 e. The van der Waals surface area contributed by atoms with Gasteiger partial charge in [0.2, 0.25) is 5.50 Å². The first-order valence-electron chi connectivity index (χ1n) is 6.72. The lowest BCUT2D eigenvalue weighted by atomic mass is 10.2. The van der Waals surface area contributed by atoms with E-state index in [0.29, 0.717) is 5.69 Å². The van der Waals surface area contributed by atoms with Crippen molar-refractivity contribution in [1.29, 1.82) is 0 Å². The van der Waals surface area contributed by atoms with Crippen LogP contribution in [0.2, 0.25) is 0 Å². The number of Topliss-reactive ketones (excluding diaryl/α,β-unsaturated/α-hetero) is 1. The van der Waals surface area contributed by atoms with Crippen LogP contribution in [0, 0.1) is 0 Å². The largest absolute Gasteiger partial charge is 0.528 e. The van der Waals surface area contributed by atoms with E-state index in [1.807, 2.05) is 0 Å². The molecule has 0 saturated carbocycles. The Bertz CT molecular complexity index is 754. The summed E-state index contributed by atoms with van der Waals surface area (Å²) in [7, 11) is -3.00. The summed E-state index contributed by atoms with van der Waals surface area (Å²) in [5, 5.41) is 0. The number of nitrogens with zero attached hydrogens (tertiary/aromatic N) is 2. The van der Waals surface area contributed by atoms with Crippen molar-refractivity contribution >= 4 is 39.0 Å². The molecule has 1 aromatic rings. The maximum absolute atomic E-state index is 12.8. The van der Waals surface area contributed by atoms with Crippen molar-refractivity contribution in [3.8, 4) is 0 Å². The molecule has 0 saturated heterocycles. The van der Waals surface area contributed by atoms with E-state index >= 15 is 0 Å². The number of hydrogen-bond donors (Lipinski definition) is 0. The third-order valence-electron chi connectivity index (χ3n) is 3.46. The molecule has 1 aliphatic rings. The van der Waals surface area contributed by atoms with Gasteiger partial charge < -0.3 is 4.90 Å². The highest BCUT2D eigenvalue weighted by Crippen LogP contribution is 2.48. The average molecular weight is 385 g/mol. The van der Waals surface area contributed by atoms with Crippen molar-refractivity contribution in [3.05, 3.63) is 24.3 Å². The molecule has 2 atom stereocenters. The summed E-state index contributed by atoms with van der Waals surface area (Å²) in [5.74, 6) is -0.179. The Morgan fingerprint density at radius 1 is 1.38 bits per heavy atom. The minimum Gasteiger partial charge on any atom is -0.309 e. The van der Waals surface area contributed by atoms with Crippen LogP contribution in [-0.4, -0.2) is 45.1 Å². The van der Waals surface area contributed by atoms with Gasteiger partial charge >= 0.3 is 15.6 Å². The Kier molecular flexibility index (Phi) is 4.92. The molecule has 24 heavy (non-hydrogen) atoms. The molecular weight excluding hydrogens is 369 g/mol. The summed E-state index contributed by atoms with van der Waals surface area (Å²) in [4.78, 5) is 12.8. The normalized spacial score (nSPS) is 24.1. The molecule has 2 unspecified atom stereocenters. The first kappa shape index (κ1) is 19.0. The highest BCUT2D eigenvalue weighted by molar-refractivity contribution is 8.00. The lowest BCUT2D eigenvalue weighted by molar-refractivity contribution is -0.114. The van der Waals surface area contributed by atoms with Crippen molar-refractivity contribution in [2.75, 3.05) is 24.7 Å². The van der Waals surface area contributed by atoms with E-state index in [1.165, 1.54) is 20.0 Å². The molecular formula is C13H16F3N2O4S2+. The zero-order chi connectivity index (χ0) is 18.3. The van der Waals surface area contributed by atoms with Crippen LogP contribution in [0.1, 0.15) is 6.92 Å². The van der Waals surface area contributed by atoms with Crippen LogP contribution in [-0.2, 0) is 19.2 Å². The van der Waals surface area contributed by atoms with Crippen LogP contribution in [0.5, 0.6) is 0 Å². The van der Waals surface area contributed by atoms with Crippen molar-refractivity contribution in [3.63, 3.8) is 0 Å². The van der Waals surface area contributed by atoms with E-state index in [0.717, 1.165) is 11.8 Å². The fourth-order valence-electron chi connectivity index (χ4n) is 2.48. The molecule has 0 radical (unpaired) electrons. The van der Waals surface area contributed by atoms with Crippen LogP contribution in [0.15, 0.2) is 24.3 Å². The highest BCUT2D eigenvalue weighted by atomic mass is 32.2. The summed E-state index contributed by atoms with van der Waals surface area (Å²) in [6.07, 6.45) is 0. The van der Waals surface area contributed by atoms with Crippen molar-refractivity contribution < 1.29 is 30.7 Å². The van der Waals surface area contributed by atoms with Crippen molar-refractivity contribution in [1.82, 2.24) is 4.65 Å². The fraction of sp³-hybridized carbons (Fsp3) is 0.462. The molecule has 0 amide bonds. The number of hydroxylamine groups is 2. The van der Waals surface area contributed by atoms with Gasteiger partial charge in [-0.3, -0.25) is 4.79 Å². The van der Waals surface area contributed by atoms with Gasteiger partial charge in [0, 0.05) is 13.1 Å². The molecule has 1 aromatic carbocycles. The van der Waals surface area contributed by atoms with Gasteiger partial charge in [-0.05, 0) is 13.0 Å². The van der Waals surface area contributed by atoms with E-state index in [-0.39, 0.29) is 17.2 Å². The summed E-state index contributed by atoms with van der Waals surface area (Å²) >= 11 is 1.01. The lowest BCUT2D eigenvalue weighted by Crippen LogP contribution is -2.56. The minimum absolute atomic E-state index is 0.00621. The quantitative estimate of drug-likeness (QED) is 0.573. The van der Waals surface area contributed by atoms with Crippen molar-refractivity contribution in [2.45, 2.75) is 17.9 Å². The standard InChI is InChI=1S/C13H16F3N2O4S2/c1-9(19)8-23-12-17(2)10-6-4-5-7-11(10)18(12,3)22-24(20,21)13(14,15)16/h4-7,12H,8H2,1-3H3/q+1. The van der Waals surface area contributed by atoms with Crippen LogP contribution in [0.4, 0.5) is 24.5 Å². The second-order valence-corrected chi connectivity index (χ2v) is 7.97. The maximum atomic E-state index is 12.8. The summed E-state index contributed by atoms with van der Waals surface area (Å²) < 4.78 is 65.1. The topological polar surface area (TPSA) is 63.7 Å². The first-order valence-corrected chi connectivity index (χ1v) is 9.18. The molecule has 11 heteroatoms. The molecule has 0 aromatic heterocycles. The number of benzene rings is 1. The van der Waals surface area contributed by atoms with E-state index in [2.05, 4.69) is 4.28 Å². The number of rotatable bonds is 5. The molecule has 0 spiro atoms. The minimum atomic E-state index is -5.83. The van der Waals surface area contributed by atoms with Gasteiger partial charge in [0.25, 0.3) is 0 Å². The summed E-state index contributed by atoms with van der Waals surface area (Å²) in [6, 6.07) is 6.39. The average Bonchev–Trinajstić information content (AvgIpc) is 2.64. The smallest absolute Gasteiger partial charge is 0.309 e. The van der Waals surface area contributed by atoms with Gasteiger partial charge in [-0.1, -0.05) is 28.2 Å². The van der Waals surface area contributed by atoms with Gasteiger partial charge in [0.1, 0.15) is 18.5 Å². The number of anilines is 1. The SMILES string of the molecule is CC(=O)CSC1N(C)c2ccccc2[N+]1(C)OS(=O)(=O)C(F)(F)F. The highest BCUT2D eigenvalue weighted by Gasteiger charge is 2.59. The predicted octanol–water partition coefficient (Wildman–Crippen LogP) is 2.46. The predicted molar refractivity (Wildman–Crippen MR) is 85.5 cm³/mol. The number of carbonyl (C=O) groups is 1. The van der Waals surface area contributed by atoms with Crippen molar-refractivity contribution in [2.24, 2.45) is 0 Å². The van der Waals surface area contributed by atoms with Crippen LogP contribution >= 0.6 is 11.8 Å². The number of fused-ring (bicyclic) bond motifs is 1. The number of carbonyl (C=O) groups excluding carboxylic acids is 1. The van der Waals surface area contributed by atoms with E-state index in [1.54, 1.807) is 30.1 Å². The number of alkyl halides is 3. The lowest BCUT2D eigenvalue weighted by Gasteiger charge is -2.32. The van der Waals surface area contributed by atoms with Gasteiger partial charge in [0.15, 0.2) is 5.69 Å². The Hall–Kier alpha value is -1.30. The van der Waals surface area contributed by atoms with Crippen LogP contribution < -0.4 is 9.55 Å². The molecule has 1 aliphatic heterocycles. The van der Waals surface area contributed by atoms with Gasteiger partial charge in [-0.15, -0.1) is 4.65 Å². The van der Waals surface area contributed by atoms with Crippen LogP contribution in [0.25, 0.3) is 0 Å². The monoisotopic (exact) mass is 385 g/mol. The number of quaternary nitrogens is 1. The second-order valence-electron chi connectivity index (χ2n) is 5.40. The van der Waals surface area contributed by atoms with Gasteiger partial charge in [-0.25, -0.2) is 0 Å². The Morgan fingerprint density at radius 2 is 1.96 bits per heavy atom. The number of para-hydroxylation sites is 2. The van der Waals surface area contributed by atoms with Crippen LogP contribution in [0.3, 0.4) is 0 Å². The molecule has 2 rings (SSSR count). The molecule has 0 fully saturated rings. The zero-order valence-electron chi connectivity index (χ0n) is 13.1. The van der Waals surface area contributed by atoms with Gasteiger partial charge in [-0.2, -0.15) is 21.6 Å². The molecule has 134 valence electrons. The van der Waals surface area contributed by atoms with E-state index in [4.69, 9.17) is 0 Å². The van der Waals surface area contributed by atoms with E-state index in [9.17, 15) is 26.4 Å². The second kappa shape index (κ2) is 6.21. The van der Waals surface area contributed by atoms with Gasteiger partial charge in [0.05, 0.1) is 5.75 Å². The Morgan fingerprint density at radius 3 is 2.50 bits per heavy atom. The number of halogens is 3. The van der Waals surface area contributed by atoms with E-state index < -0.39 is 25.8 Å². The fourth-order valence-corrected chi connectivity index (χ4v) is 4.35. The number of ketones is 1. The summed E-state index contributed by atoms with van der Waals surface area (Å²) in [5.41, 5.74) is -5.63. The third kappa shape index (κ3) is 3.25.